The van der Waals surface area contributed by atoms with E-state index in [-0.39, 0.29) is 5.91 Å². The molecule has 1 fully saturated rings. The Hall–Kier alpha value is -1.77. The molecule has 1 aromatic carbocycles. The SMILES string of the molecule is CC1=CC[C@@H](Nc2cccc(N3CCCC3=O)c2)CC1. The monoisotopic (exact) mass is 270 g/mol. The minimum Gasteiger partial charge on any atom is -0.382 e. The Labute approximate surface area is 120 Å². The molecule has 3 rings (SSSR count). The quantitative estimate of drug-likeness (QED) is 0.849. The molecule has 20 heavy (non-hydrogen) atoms. The lowest BCUT2D eigenvalue weighted by Crippen LogP contribution is -2.24. The summed E-state index contributed by atoms with van der Waals surface area (Å²) in [4.78, 5) is 13.7. The van der Waals surface area contributed by atoms with Crippen LogP contribution in [0.5, 0.6) is 0 Å². The van der Waals surface area contributed by atoms with E-state index in [0.29, 0.717) is 12.5 Å². The Morgan fingerprint density at radius 2 is 2.20 bits per heavy atom. The van der Waals surface area contributed by atoms with Crippen molar-refractivity contribution in [3.05, 3.63) is 35.9 Å². The number of nitrogens with one attached hydrogen (secondary N) is 1. The summed E-state index contributed by atoms with van der Waals surface area (Å²) < 4.78 is 0. The Morgan fingerprint density at radius 1 is 1.30 bits per heavy atom. The van der Waals surface area contributed by atoms with Crippen LogP contribution in [-0.4, -0.2) is 18.5 Å². The molecular formula is C17H22N2O. The van der Waals surface area contributed by atoms with Gasteiger partial charge in [0.05, 0.1) is 0 Å². The Kier molecular flexibility index (Phi) is 3.77. The number of carbonyl (C=O) groups is 1. The fourth-order valence-corrected chi connectivity index (χ4v) is 3.02. The minimum atomic E-state index is 0.248. The van der Waals surface area contributed by atoms with Gasteiger partial charge in [0.25, 0.3) is 0 Å². The molecule has 1 aromatic rings. The predicted molar refractivity (Wildman–Crippen MR) is 83.0 cm³/mol. The first kappa shape index (κ1) is 13.2. The fourth-order valence-electron chi connectivity index (χ4n) is 3.02. The molecule has 106 valence electrons. The number of benzene rings is 1. The highest BCUT2D eigenvalue weighted by Crippen LogP contribution is 2.26. The zero-order valence-corrected chi connectivity index (χ0v) is 12.1. The normalized spacial score (nSPS) is 22.9. The van der Waals surface area contributed by atoms with Crippen LogP contribution >= 0.6 is 0 Å². The first-order valence-corrected chi connectivity index (χ1v) is 7.55. The molecule has 0 spiro atoms. The molecule has 3 nitrogen and oxygen atoms in total. The van der Waals surface area contributed by atoms with Gasteiger partial charge in [-0.2, -0.15) is 0 Å². The maximum absolute atomic E-state index is 11.8. The second-order valence-electron chi connectivity index (χ2n) is 5.87. The van der Waals surface area contributed by atoms with E-state index in [1.165, 1.54) is 18.4 Å². The van der Waals surface area contributed by atoms with Crippen LogP contribution in [-0.2, 0) is 4.79 Å². The standard InChI is InChI=1S/C17H22N2O/c1-13-7-9-14(10-8-13)18-15-4-2-5-16(12-15)19-11-3-6-17(19)20/h2,4-5,7,12,14,18H,3,6,8-11H2,1H3/t14-/m1/s1. The van der Waals surface area contributed by atoms with Gasteiger partial charge in [-0.1, -0.05) is 17.7 Å². The van der Waals surface area contributed by atoms with Crippen molar-refractivity contribution in [1.29, 1.82) is 0 Å². The van der Waals surface area contributed by atoms with E-state index in [1.807, 2.05) is 17.0 Å². The lowest BCUT2D eigenvalue weighted by atomic mass is 9.96. The second-order valence-corrected chi connectivity index (χ2v) is 5.87. The van der Waals surface area contributed by atoms with Crippen molar-refractivity contribution in [3.8, 4) is 0 Å². The van der Waals surface area contributed by atoms with Gasteiger partial charge in [0.2, 0.25) is 5.91 Å². The summed E-state index contributed by atoms with van der Waals surface area (Å²) in [6.07, 6.45) is 7.46. The number of anilines is 2. The average molecular weight is 270 g/mol. The molecular weight excluding hydrogens is 248 g/mol. The summed E-state index contributed by atoms with van der Waals surface area (Å²) in [5, 5.41) is 3.60. The summed E-state index contributed by atoms with van der Waals surface area (Å²) in [6, 6.07) is 8.78. The van der Waals surface area contributed by atoms with Gasteiger partial charge < -0.3 is 10.2 Å². The van der Waals surface area contributed by atoms with E-state index < -0.39 is 0 Å². The fraction of sp³-hybridized carbons (Fsp3) is 0.471. The number of carbonyl (C=O) groups excluding carboxylic acids is 1. The Morgan fingerprint density at radius 3 is 2.90 bits per heavy atom. The molecule has 1 amide bonds. The topological polar surface area (TPSA) is 32.3 Å². The predicted octanol–water partition coefficient (Wildman–Crippen LogP) is 3.72. The maximum atomic E-state index is 11.8. The largest absolute Gasteiger partial charge is 0.382 e. The van der Waals surface area contributed by atoms with E-state index in [9.17, 15) is 4.79 Å². The number of amides is 1. The zero-order chi connectivity index (χ0) is 13.9. The van der Waals surface area contributed by atoms with E-state index >= 15 is 0 Å². The second kappa shape index (κ2) is 5.70. The first-order chi connectivity index (χ1) is 9.72. The lowest BCUT2D eigenvalue weighted by molar-refractivity contribution is -0.117. The highest BCUT2D eigenvalue weighted by molar-refractivity contribution is 5.95. The van der Waals surface area contributed by atoms with Crippen molar-refractivity contribution in [1.82, 2.24) is 0 Å². The van der Waals surface area contributed by atoms with Gasteiger partial charge in [0, 0.05) is 30.4 Å². The maximum Gasteiger partial charge on any atom is 0.227 e. The van der Waals surface area contributed by atoms with Gasteiger partial charge >= 0.3 is 0 Å². The van der Waals surface area contributed by atoms with Gasteiger partial charge in [-0.05, 0) is 50.8 Å². The van der Waals surface area contributed by atoms with Gasteiger partial charge in [-0.15, -0.1) is 0 Å². The van der Waals surface area contributed by atoms with Crippen molar-refractivity contribution in [3.63, 3.8) is 0 Å². The molecule has 0 bridgehead atoms. The third kappa shape index (κ3) is 2.87. The molecule has 1 saturated heterocycles. The molecule has 1 aliphatic heterocycles. The van der Waals surface area contributed by atoms with Crippen molar-refractivity contribution in [2.75, 3.05) is 16.8 Å². The molecule has 0 radical (unpaired) electrons. The number of nitrogens with zero attached hydrogens (tertiary/aromatic N) is 1. The molecule has 3 heteroatoms. The van der Waals surface area contributed by atoms with Gasteiger partial charge in [0.1, 0.15) is 0 Å². The molecule has 1 N–H and O–H groups in total. The molecule has 0 saturated carbocycles. The van der Waals surface area contributed by atoms with Crippen LogP contribution in [0.2, 0.25) is 0 Å². The molecule has 0 aromatic heterocycles. The van der Waals surface area contributed by atoms with Crippen LogP contribution in [0, 0.1) is 0 Å². The average Bonchev–Trinajstić information content (AvgIpc) is 2.88. The van der Waals surface area contributed by atoms with Crippen LogP contribution in [0.25, 0.3) is 0 Å². The van der Waals surface area contributed by atoms with E-state index in [2.05, 4.69) is 30.4 Å². The van der Waals surface area contributed by atoms with Crippen LogP contribution < -0.4 is 10.2 Å². The van der Waals surface area contributed by atoms with E-state index in [1.54, 1.807) is 0 Å². The third-order valence-electron chi connectivity index (χ3n) is 4.24. The van der Waals surface area contributed by atoms with Gasteiger partial charge in [0.15, 0.2) is 0 Å². The highest BCUT2D eigenvalue weighted by atomic mass is 16.2. The highest BCUT2D eigenvalue weighted by Gasteiger charge is 2.22. The minimum absolute atomic E-state index is 0.248. The van der Waals surface area contributed by atoms with Crippen LogP contribution in [0.3, 0.4) is 0 Å². The van der Waals surface area contributed by atoms with Crippen molar-refractivity contribution >= 4 is 17.3 Å². The molecule has 1 atom stereocenters. The third-order valence-corrected chi connectivity index (χ3v) is 4.24. The number of hydrogen-bond acceptors (Lipinski definition) is 2. The number of rotatable bonds is 3. The zero-order valence-electron chi connectivity index (χ0n) is 12.1. The number of allylic oxidation sites excluding steroid dienone is 1. The summed E-state index contributed by atoms with van der Waals surface area (Å²) in [5.74, 6) is 0.248. The molecule has 2 aliphatic rings. The Bertz CT molecular complexity index is 536. The van der Waals surface area contributed by atoms with Crippen LogP contribution in [0.1, 0.15) is 39.0 Å². The van der Waals surface area contributed by atoms with Gasteiger partial charge in [-0.25, -0.2) is 0 Å². The summed E-state index contributed by atoms with van der Waals surface area (Å²) in [5.41, 5.74) is 3.65. The molecule has 0 unspecified atom stereocenters. The first-order valence-electron chi connectivity index (χ1n) is 7.55. The molecule has 1 aliphatic carbocycles. The lowest BCUT2D eigenvalue weighted by Gasteiger charge is -2.24. The van der Waals surface area contributed by atoms with Crippen LogP contribution in [0.15, 0.2) is 35.9 Å². The van der Waals surface area contributed by atoms with Crippen LogP contribution in [0.4, 0.5) is 11.4 Å². The van der Waals surface area contributed by atoms with E-state index in [0.717, 1.165) is 30.8 Å². The van der Waals surface area contributed by atoms with Crippen molar-refractivity contribution in [2.24, 2.45) is 0 Å². The number of hydrogen-bond donors (Lipinski definition) is 1. The smallest absolute Gasteiger partial charge is 0.227 e. The summed E-state index contributed by atoms with van der Waals surface area (Å²) in [7, 11) is 0. The Balaban J connectivity index is 1.70. The van der Waals surface area contributed by atoms with Crippen molar-refractivity contribution in [2.45, 2.75) is 45.1 Å². The summed E-state index contributed by atoms with van der Waals surface area (Å²) in [6.45, 7) is 3.06. The molecule has 1 heterocycles. The van der Waals surface area contributed by atoms with Gasteiger partial charge in [-0.3, -0.25) is 4.79 Å². The van der Waals surface area contributed by atoms with E-state index in [4.69, 9.17) is 0 Å². The van der Waals surface area contributed by atoms with Crippen molar-refractivity contribution < 1.29 is 4.79 Å². The summed E-state index contributed by atoms with van der Waals surface area (Å²) >= 11 is 0.